The summed E-state index contributed by atoms with van der Waals surface area (Å²) in [6, 6.07) is 8.85. The fourth-order valence-corrected chi connectivity index (χ4v) is 1.85. The Morgan fingerprint density at radius 2 is 2.28 bits per heavy atom. The van der Waals surface area contributed by atoms with Crippen molar-refractivity contribution in [2.24, 2.45) is 5.10 Å². The lowest BCUT2D eigenvalue weighted by atomic mass is 10.2. The monoisotopic (exact) mass is 325 g/mol. The van der Waals surface area contributed by atoms with Crippen LogP contribution < -0.4 is 5.43 Å². The Bertz CT molecular complexity index is 595. The van der Waals surface area contributed by atoms with Gasteiger partial charge in [-0.1, -0.05) is 23.7 Å². The average molecular weight is 327 g/mol. The first-order valence-corrected chi connectivity index (χ1v) is 6.25. The number of H-pyrrole nitrogens is 1. The molecule has 1 amide bonds. The molecule has 0 spiro atoms. The van der Waals surface area contributed by atoms with Gasteiger partial charge >= 0.3 is 0 Å². The van der Waals surface area contributed by atoms with Crippen molar-refractivity contribution < 1.29 is 4.79 Å². The molecule has 92 valence electrons. The maximum atomic E-state index is 11.6. The molecule has 6 heteroatoms. The van der Waals surface area contributed by atoms with Gasteiger partial charge < -0.3 is 4.98 Å². The Kier molecular flexibility index (Phi) is 4.17. The van der Waals surface area contributed by atoms with Gasteiger partial charge in [0.1, 0.15) is 5.69 Å². The summed E-state index contributed by atoms with van der Waals surface area (Å²) in [7, 11) is 0. The summed E-state index contributed by atoms with van der Waals surface area (Å²) in [5.41, 5.74) is 3.67. The number of benzene rings is 1. The van der Waals surface area contributed by atoms with Crippen LogP contribution in [-0.2, 0) is 0 Å². The summed E-state index contributed by atoms with van der Waals surface area (Å²) in [6.45, 7) is 0. The second-order valence-corrected chi connectivity index (χ2v) is 4.84. The van der Waals surface area contributed by atoms with Crippen LogP contribution in [0.5, 0.6) is 0 Å². The quantitative estimate of drug-likeness (QED) is 0.660. The lowest BCUT2D eigenvalue weighted by molar-refractivity contribution is 0.0951. The number of hydrogen-bond acceptors (Lipinski definition) is 2. The van der Waals surface area contributed by atoms with Gasteiger partial charge in [0.15, 0.2) is 0 Å². The van der Waals surface area contributed by atoms with Crippen molar-refractivity contribution in [2.75, 3.05) is 0 Å². The molecule has 0 radical (unpaired) electrons. The van der Waals surface area contributed by atoms with Crippen LogP contribution >= 0.6 is 27.5 Å². The van der Waals surface area contributed by atoms with E-state index in [9.17, 15) is 4.79 Å². The molecule has 1 aromatic carbocycles. The number of amides is 1. The number of nitrogens with one attached hydrogen (secondary N) is 2. The van der Waals surface area contributed by atoms with Crippen LogP contribution in [0.2, 0.25) is 5.02 Å². The molecule has 0 saturated carbocycles. The molecular formula is C12H9BrClN3O. The number of carbonyl (C=O) groups is 1. The summed E-state index contributed by atoms with van der Waals surface area (Å²) in [5.74, 6) is -0.307. The number of carbonyl (C=O) groups excluding carboxylic acids is 1. The van der Waals surface area contributed by atoms with Crippen molar-refractivity contribution in [1.29, 1.82) is 0 Å². The molecule has 0 atom stereocenters. The molecule has 4 nitrogen and oxygen atoms in total. The van der Waals surface area contributed by atoms with Crippen LogP contribution in [0, 0.1) is 0 Å². The predicted molar refractivity (Wildman–Crippen MR) is 75.0 cm³/mol. The minimum Gasteiger partial charge on any atom is -0.356 e. The van der Waals surface area contributed by atoms with Crippen LogP contribution in [-0.4, -0.2) is 17.1 Å². The Balaban J connectivity index is 1.97. The first-order valence-electron chi connectivity index (χ1n) is 5.08. The van der Waals surface area contributed by atoms with Gasteiger partial charge in [-0.25, -0.2) is 5.43 Å². The molecular weight excluding hydrogens is 318 g/mol. The number of halogens is 2. The highest BCUT2D eigenvalue weighted by Gasteiger charge is 2.05. The summed E-state index contributed by atoms with van der Waals surface area (Å²) in [4.78, 5) is 14.4. The number of nitrogens with zero attached hydrogens (tertiary/aromatic N) is 1. The van der Waals surface area contributed by atoms with E-state index in [1.807, 2.05) is 12.1 Å². The van der Waals surface area contributed by atoms with Gasteiger partial charge in [0.2, 0.25) is 0 Å². The number of hydrazone groups is 1. The molecule has 1 aromatic heterocycles. The zero-order valence-corrected chi connectivity index (χ0v) is 11.5. The first kappa shape index (κ1) is 12.9. The molecule has 1 heterocycles. The van der Waals surface area contributed by atoms with E-state index in [0.717, 1.165) is 10.0 Å². The predicted octanol–water partition coefficient (Wildman–Crippen LogP) is 3.19. The molecule has 0 aliphatic carbocycles. The molecule has 0 aliphatic heterocycles. The zero-order chi connectivity index (χ0) is 13.0. The maximum Gasteiger partial charge on any atom is 0.287 e. The smallest absolute Gasteiger partial charge is 0.287 e. The van der Waals surface area contributed by atoms with Crippen molar-refractivity contribution in [3.8, 4) is 0 Å². The Morgan fingerprint density at radius 1 is 1.44 bits per heavy atom. The Morgan fingerprint density at radius 3 is 2.94 bits per heavy atom. The standard InChI is InChI=1S/C12H9BrClN3O/c13-9-5-11(15-7-9)12(18)17-16-6-8-2-1-3-10(14)4-8/h1-7,15H,(H,17,18)/b16-6-. The van der Waals surface area contributed by atoms with Crippen molar-refractivity contribution in [3.05, 3.63) is 57.3 Å². The maximum absolute atomic E-state index is 11.6. The van der Waals surface area contributed by atoms with Gasteiger partial charge in [-0.2, -0.15) is 5.10 Å². The van der Waals surface area contributed by atoms with E-state index in [4.69, 9.17) is 11.6 Å². The van der Waals surface area contributed by atoms with E-state index in [0.29, 0.717) is 10.7 Å². The molecule has 2 aromatic rings. The van der Waals surface area contributed by atoms with E-state index < -0.39 is 0 Å². The zero-order valence-electron chi connectivity index (χ0n) is 9.15. The second kappa shape index (κ2) is 5.84. The van der Waals surface area contributed by atoms with Crippen LogP contribution in [0.4, 0.5) is 0 Å². The number of hydrogen-bond donors (Lipinski definition) is 2. The second-order valence-electron chi connectivity index (χ2n) is 3.49. The number of aromatic amines is 1. The SMILES string of the molecule is O=C(N/N=C\c1cccc(Cl)c1)c1cc(Br)c[nH]1. The van der Waals surface area contributed by atoms with E-state index >= 15 is 0 Å². The third-order valence-corrected chi connectivity index (χ3v) is 2.81. The largest absolute Gasteiger partial charge is 0.356 e. The van der Waals surface area contributed by atoms with E-state index in [1.165, 1.54) is 6.21 Å². The van der Waals surface area contributed by atoms with E-state index in [1.54, 1.807) is 24.4 Å². The highest BCUT2D eigenvalue weighted by atomic mass is 79.9. The molecule has 0 saturated heterocycles. The molecule has 18 heavy (non-hydrogen) atoms. The van der Waals surface area contributed by atoms with Gasteiger partial charge in [-0.05, 0) is 39.7 Å². The van der Waals surface area contributed by atoms with Crippen LogP contribution in [0.3, 0.4) is 0 Å². The molecule has 2 N–H and O–H groups in total. The van der Waals surface area contributed by atoms with Crippen LogP contribution in [0.25, 0.3) is 0 Å². The summed E-state index contributed by atoms with van der Waals surface area (Å²) in [6.07, 6.45) is 3.21. The summed E-state index contributed by atoms with van der Waals surface area (Å²) < 4.78 is 0.812. The third kappa shape index (κ3) is 3.45. The minimum atomic E-state index is -0.307. The molecule has 0 aliphatic rings. The number of rotatable bonds is 3. The third-order valence-electron chi connectivity index (χ3n) is 2.12. The van der Waals surface area contributed by atoms with Gasteiger partial charge in [-0.3, -0.25) is 4.79 Å². The first-order chi connectivity index (χ1) is 8.65. The van der Waals surface area contributed by atoms with Crippen LogP contribution in [0.1, 0.15) is 16.1 Å². The Hall–Kier alpha value is -1.59. The van der Waals surface area contributed by atoms with Crippen molar-refractivity contribution in [2.45, 2.75) is 0 Å². The fourth-order valence-electron chi connectivity index (χ4n) is 1.31. The lowest BCUT2D eigenvalue weighted by Crippen LogP contribution is -2.17. The van der Waals surface area contributed by atoms with E-state index in [2.05, 4.69) is 31.4 Å². The van der Waals surface area contributed by atoms with Gasteiger partial charge in [0.05, 0.1) is 6.21 Å². The van der Waals surface area contributed by atoms with Crippen LogP contribution in [0.15, 0.2) is 46.1 Å². The topological polar surface area (TPSA) is 57.2 Å². The summed E-state index contributed by atoms with van der Waals surface area (Å²) >= 11 is 9.07. The molecule has 0 unspecified atom stereocenters. The minimum absolute atomic E-state index is 0.307. The van der Waals surface area contributed by atoms with Gasteiger partial charge in [0.25, 0.3) is 5.91 Å². The van der Waals surface area contributed by atoms with Crippen molar-refractivity contribution in [1.82, 2.24) is 10.4 Å². The Labute approximate surface area is 117 Å². The summed E-state index contributed by atoms with van der Waals surface area (Å²) in [5, 5.41) is 4.47. The van der Waals surface area contributed by atoms with Crippen molar-refractivity contribution >= 4 is 39.7 Å². The number of aromatic nitrogens is 1. The van der Waals surface area contributed by atoms with Gasteiger partial charge in [0, 0.05) is 15.7 Å². The highest BCUT2D eigenvalue weighted by molar-refractivity contribution is 9.10. The van der Waals surface area contributed by atoms with E-state index in [-0.39, 0.29) is 5.91 Å². The lowest BCUT2D eigenvalue weighted by Gasteiger charge is -1.96. The molecule has 2 rings (SSSR count). The average Bonchev–Trinajstić information content (AvgIpc) is 2.76. The molecule has 0 fully saturated rings. The fraction of sp³-hybridized carbons (Fsp3) is 0. The normalized spacial score (nSPS) is 10.8. The van der Waals surface area contributed by atoms with Gasteiger partial charge in [-0.15, -0.1) is 0 Å². The molecule has 0 bridgehead atoms. The highest BCUT2D eigenvalue weighted by Crippen LogP contribution is 2.10. The van der Waals surface area contributed by atoms with Crippen molar-refractivity contribution in [3.63, 3.8) is 0 Å².